The van der Waals surface area contributed by atoms with Crippen LogP contribution in [0, 0.1) is 5.92 Å². The first-order chi connectivity index (χ1) is 13.7. The lowest BCUT2D eigenvalue weighted by molar-refractivity contribution is -0.142. The molecule has 0 fully saturated rings. The molecule has 1 rings (SSSR count). The molecule has 1 aromatic rings. The van der Waals surface area contributed by atoms with E-state index in [0.29, 0.717) is 12.2 Å². The van der Waals surface area contributed by atoms with Gasteiger partial charge in [-0.25, -0.2) is 4.79 Å². The molecule has 2 atom stereocenters. The van der Waals surface area contributed by atoms with Gasteiger partial charge >= 0.3 is 5.97 Å². The van der Waals surface area contributed by atoms with Crippen LogP contribution >= 0.6 is 0 Å². The topological polar surface area (TPSA) is 173 Å². The van der Waals surface area contributed by atoms with Gasteiger partial charge in [0.1, 0.15) is 17.8 Å². The number of nitrogens with one attached hydrogen (secondary N) is 2. The number of nitrogens with zero attached hydrogens (tertiary/aromatic N) is 1. The molecule has 0 saturated heterocycles. The Bertz CT molecular complexity index is 723. The summed E-state index contributed by atoms with van der Waals surface area (Å²) in [5.41, 5.74) is 10.6. The molecule has 0 aliphatic heterocycles. The Hall–Kier alpha value is -3.30. The molecule has 0 spiro atoms. The predicted molar refractivity (Wildman–Crippen MR) is 109 cm³/mol. The molecule has 0 aliphatic carbocycles. The van der Waals surface area contributed by atoms with Crippen molar-refractivity contribution in [2.45, 2.75) is 45.2 Å². The Balaban J connectivity index is 2.79. The summed E-state index contributed by atoms with van der Waals surface area (Å²) >= 11 is 0. The lowest BCUT2D eigenvalue weighted by Crippen LogP contribution is -2.51. The standard InChI is InChI=1S/C19H29N5O5/c1-12(2)11-15(18(27)28)24-17(26)14(6-3-9-22-19(20)21)23-16(25)8-7-13-5-4-10-29-13/h4-5,7-8,10,12,14-15H,3,6,9,11H2,1-2H3,(H,23,25)(H,24,26)(H,27,28)(H4,20,21,22)/b8-7-/t14-,15-/m0/s1. The average molecular weight is 407 g/mol. The van der Waals surface area contributed by atoms with Gasteiger partial charge in [-0.15, -0.1) is 0 Å². The van der Waals surface area contributed by atoms with Crippen LogP contribution in [0.1, 0.15) is 38.9 Å². The van der Waals surface area contributed by atoms with Gasteiger partial charge in [0.15, 0.2) is 5.96 Å². The van der Waals surface area contributed by atoms with Crippen LogP contribution in [0.3, 0.4) is 0 Å². The lowest BCUT2D eigenvalue weighted by atomic mass is 10.0. The first kappa shape index (κ1) is 23.7. The fourth-order valence-electron chi connectivity index (χ4n) is 2.50. The van der Waals surface area contributed by atoms with Crippen molar-refractivity contribution in [1.29, 1.82) is 0 Å². The molecule has 160 valence electrons. The zero-order valence-corrected chi connectivity index (χ0v) is 16.6. The number of carboxylic acids is 1. The highest BCUT2D eigenvalue weighted by atomic mass is 16.4. The van der Waals surface area contributed by atoms with Gasteiger partial charge in [-0.3, -0.25) is 14.6 Å². The van der Waals surface area contributed by atoms with Crippen LogP contribution in [-0.4, -0.2) is 47.5 Å². The largest absolute Gasteiger partial charge is 0.480 e. The minimum absolute atomic E-state index is 0.0701. The number of nitrogens with two attached hydrogens (primary N) is 2. The number of rotatable bonds is 12. The van der Waals surface area contributed by atoms with E-state index in [-0.39, 0.29) is 31.3 Å². The van der Waals surface area contributed by atoms with Crippen LogP contribution in [0.2, 0.25) is 0 Å². The highest BCUT2D eigenvalue weighted by Crippen LogP contribution is 2.07. The third kappa shape index (κ3) is 9.99. The summed E-state index contributed by atoms with van der Waals surface area (Å²) in [6.07, 6.45) is 5.09. The van der Waals surface area contributed by atoms with Crippen LogP contribution in [0.4, 0.5) is 0 Å². The van der Waals surface area contributed by atoms with Gasteiger partial charge in [-0.05, 0) is 43.4 Å². The second kappa shape index (κ2) is 12.2. The molecule has 0 saturated carbocycles. The van der Waals surface area contributed by atoms with E-state index >= 15 is 0 Å². The number of hydrogen-bond donors (Lipinski definition) is 5. The van der Waals surface area contributed by atoms with Gasteiger partial charge in [-0.1, -0.05) is 13.8 Å². The van der Waals surface area contributed by atoms with E-state index in [9.17, 15) is 19.5 Å². The number of aliphatic carboxylic acids is 1. The molecule has 10 heteroatoms. The average Bonchev–Trinajstić information content (AvgIpc) is 3.14. The highest BCUT2D eigenvalue weighted by Gasteiger charge is 2.26. The Morgan fingerprint density at radius 1 is 1.24 bits per heavy atom. The van der Waals surface area contributed by atoms with Crippen molar-refractivity contribution in [2.75, 3.05) is 6.54 Å². The van der Waals surface area contributed by atoms with Gasteiger partial charge < -0.3 is 31.6 Å². The summed E-state index contributed by atoms with van der Waals surface area (Å²) in [7, 11) is 0. The normalized spacial score (nSPS) is 13.1. The van der Waals surface area contributed by atoms with Gasteiger partial charge in [0.05, 0.1) is 6.26 Å². The zero-order chi connectivity index (χ0) is 21.8. The number of aliphatic imine (C=N–C) groups is 1. The molecule has 0 aliphatic rings. The summed E-state index contributed by atoms with van der Waals surface area (Å²) in [4.78, 5) is 40.1. The first-order valence-corrected chi connectivity index (χ1v) is 9.29. The van der Waals surface area contributed by atoms with Crippen LogP contribution in [0.25, 0.3) is 6.08 Å². The Kier molecular flexibility index (Phi) is 10.00. The molecule has 7 N–H and O–H groups in total. The number of guanidine groups is 1. The summed E-state index contributed by atoms with van der Waals surface area (Å²) in [5, 5.41) is 14.4. The molecular weight excluding hydrogens is 378 g/mol. The van der Waals surface area contributed by atoms with Gasteiger partial charge in [-0.2, -0.15) is 0 Å². The molecule has 0 aromatic carbocycles. The van der Waals surface area contributed by atoms with Crippen molar-refractivity contribution < 1.29 is 23.9 Å². The maximum atomic E-state index is 12.6. The minimum atomic E-state index is -1.13. The summed E-state index contributed by atoms with van der Waals surface area (Å²) in [6, 6.07) is 1.37. The van der Waals surface area contributed by atoms with E-state index in [0.717, 1.165) is 0 Å². The van der Waals surface area contributed by atoms with Crippen LogP contribution in [-0.2, 0) is 14.4 Å². The molecule has 1 aromatic heterocycles. The monoisotopic (exact) mass is 407 g/mol. The summed E-state index contributed by atoms with van der Waals surface area (Å²) in [5.74, 6) is -1.74. The van der Waals surface area contributed by atoms with E-state index in [1.54, 1.807) is 12.1 Å². The fourth-order valence-corrected chi connectivity index (χ4v) is 2.50. The van der Waals surface area contributed by atoms with Gasteiger partial charge in [0, 0.05) is 12.6 Å². The van der Waals surface area contributed by atoms with Crippen LogP contribution in [0.5, 0.6) is 0 Å². The van der Waals surface area contributed by atoms with Gasteiger partial charge in [0.2, 0.25) is 11.8 Å². The van der Waals surface area contributed by atoms with E-state index < -0.39 is 29.9 Å². The smallest absolute Gasteiger partial charge is 0.326 e. The molecule has 10 nitrogen and oxygen atoms in total. The number of carbonyl (C=O) groups excluding carboxylic acids is 2. The molecule has 1 heterocycles. The molecule has 2 amide bonds. The van der Waals surface area contributed by atoms with Crippen molar-refractivity contribution in [1.82, 2.24) is 10.6 Å². The van der Waals surface area contributed by atoms with Crippen molar-refractivity contribution in [2.24, 2.45) is 22.4 Å². The zero-order valence-electron chi connectivity index (χ0n) is 16.6. The van der Waals surface area contributed by atoms with Crippen molar-refractivity contribution in [3.8, 4) is 0 Å². The Labute approximate surface area is 169 Å². The lowest BCUT2D eigenvalue weighted by Gasteiger charge is -2.22. The number of furan rings is 1. The first-order valence-electron chi connectivity index (χ1n) is 9.29. The maximum Gasteiger partial charge on any atom is 0.326 e. The molecule has 0 radical (unpaired) electrons. The van der Waals surface area contributed by atoms with E-state index in [1.165, 1.54) is 18.4 Å². The molecule has 29 heavy (non-hydrogen) atoms. The van der Waals surface area contributed by atoms with Crippen molar-refractivity contribution >= 4 is 29.8 Å². The summed E-state index contributed by atoms with van der Waals surface area (Å²) < 4.78 is 5.10. The fraction of sp³-hybridized carbons (Fsp3) is 0.474. The quantitative estimate of drug-likeness (QED) is 0.145. The molecule has 0 unspecified atom stereocenters. The summed E-state index contributed by atoms with van der Waals surface area (Å²) in [6.45, 7) is 3.99. The van der Waals surface area contributed by atoms with E-state index in [4.69, 9.17) is 15.9 Å². The van der Waals surface area contributed by atoms with Crippen molar-refractivity contribution in [3.63, 3.8) is 0 Å². The van der Waals surface area contributed by atoms with Crippen LogP contribution < -0.4 is 22.1 Å². The van der Waals surface area contributed by atoms with E-state index in [2.05, 4.69) is 15.6 Å². The Morgan fingerprint density at radius 3 is 2.52 bits per heavy atom. The van der Waals surface area contributed by atoms with E-state index in [1.807, 2.05) is 13.8 Å². The Morgan fingerprint density at radius 2 is 1.97 bits per heavy atom. The number of carbonyl (C=O) groups is 3. The number of amides is 2. The SMILES string of the molecule is CC(C)C[C@H](NC(=O)[C@H](CCCN=C(N)N)NC(=O)/C=C\c1ccco1)C(=O)O. The number of carboxylic acid groups (broad SMARTS) is 1. The molecular formula is C19H29N5O5. The van der Waals surface area contributed by atoms with Crippen LogP contribution in [0.15, 0.2) is 33.9 Å². The third-order valence-corrected chi connectivity index (χ3v) is 3.84. The third-order valence-electron chi connectivity index (χ3n) is 3.84. The minimum Gasteiger partial charge on any atom is -0.480 e. The second-order valence-electron chi connectivity index (χ2n) is 6.89. The molecule has 0 bridgehead atoms. The van der Waals surface area contributed by atoms with Gasteiger partial charge in [0.25, 0.3) is 0 Å². The predicted octanol–water partition coefficient (Wildman–Crippen LogP) is 0.447. The van der Waals surface area contributed by atoms with Crippen molar-refractivity contribution in [3.05, 3.63) is 30.2 Å². The second-order valence-corrected chi connectivity index (χ2v) is 6.89. The number of hydrogen-bond acceptors (Lipinski definition) is 5. The maximum absolute atomic E-state index is 12.6. The highest BCUT2D eigenvalue weighted by molar-refractivity contribution is 5.96.